The summed E-state index contributed by atoms with van der Waals surface area (Å²) in [6.45, 7) is 5.80. The van der Waals surface area contributed by atoms with E-state index < -0.39 is 0 Å². The summed E-state index contributed by atoms with van der Waals surface area (Å²) < 4.78 is 4.26. The molecule has 2 bridgehead atoms. The lowest BCUT2D eigenvalue weighted by atomic mass is 9.93. The molecule has 2 aliphatic heterocycles. The minimum Gasteiger partial charge on any atom is -0.302 e. The molecule has 2 saturated heterocycles. The molecule has 2 unspecified atom stereocenters. The van der Waals surface area contributed by atoms with Crippen molar-refractivity contribution in [2.75, 3.05) is 19.6 Å². The predicted molar refractivity (Wildman–Crippen MR) is 51.9 cm³/mol. The van der Waals surface area contributed by atoms with Crippen LogP contribution < -0.4 is 0 Å². The average Bonchev–Trinajstić information content (AvgIpc) is 2.77. The van der Waals surface area contributed by atoms with Gasteiger partial charge in [-0.2, -0.15) is 4.37 Å². The standard InChI is InChI=1S/C9H13N3S/c1-6-10-9(13-11-6)8-5-12-3-2-7(8)4-12/h7-8H,2-5H2,1H3/t7?,8-/m1/s1. The number of hydrogen-bond donors (Lipinski definition) is 0. The Balaban J connectivity index is 1.87. The van der Waals surface area contributed by atoms with E-state index >= 15 is 0 Å². The summed E-state index contributed by atoms with van der Waals surface area (Å²) >= 11 is 1.60. The minimum atomic E-state index is 0.694. The van der Waals surface area contributed by atoms with Crippen LogP contribution in [0.15, 0.2) is 0 Å². The summed E-state index contributed by atoms with van der Waals surface area (Å²) in [6, 6.07) is 0. The molecule has 0 saturated carbocycles. The smallest absolute Gasteiger partial charge is 0.139 e. The van der Waals surface area contributed by atoms with Crippen molar-refractivity contribution in [2.45, 2.75) is 19.3 Å². The summed E-state index contributed by atoms with van der Waals surface area (Å²) in [5.41, 5.74) is 0. The molecule has 3 rings (SSSR count). The molecule has 0 radical (unpaired) electrons. The van der Waals surface area contributed by atoms with Gasteiger partial charge in [0, 0.05) is 19.0 Å². The molecule has 2 aliphatic rings. The highest BCUT2D eigenvalue weighted by molar-refractivity contribution is 7.05. The maximum atomic E-state index is 4.49. The Bertz CT molecular complexity index is 322. The Hall–Kier alpha value is -0.480. The van der Waals surface area contributed by atoms with E-state index in [0.29, 0.717) is 5.92 Å². The quantitative estimate of drug-likeness (QED) is 0.675. The van der Waals surface area contributed by atoms with Crippen LogP contribution in [-0.2, 0) is 0 Å². The van der Waals surface area contributed by atoms with Crippen molar-refractivity contribution in [3.05, 3.63) is 10.8 Å². The van der Waals surface area contributed by atoms with E-state index in [9.17, 15) is 0 Å². The molecule has 0 N–H and O–H groups in total. The van der Waals surface area contributed by atoms with E-state index in [2.05, 4.69) is 14.3 Å². The molecule has 0 aliphatic carbocycles. The molecule has 3 atom stereocenters. The zero-order valence-electron chi connectivity index (χ0n) is 7.73. The van der Waals surface area contributed by atoms with E-state index in [1.807, 2.05) is 6.92 Å². The van der Waals surface area contributed by atoms with Crippen molar-refractivity contribution in [3.8, 4) is 0 Å². The molecular formula is C9H13N3S. The van der Waals surface area contributed by atoms with Gasteiger partial charge in [0.2, 0.25) is 0 Å². The van der Waals surface area contributed by atoms with Crippen LogP contribution in [0.5, 0.6) is 0 Å². The minimum absolute atomic E-state index is 0.694. The largest absolute Gasteiger partial charge is 0.302 e. The van der Waals surface area contributed by atoms with Gasteiger partial charge in [0.25, 0.3) is 0 Å². The number of rotatable bonds is 1. The van der Waals surface area contributed by atoms with Crippen LogP contribution in [0, 0.1) is 12.8 Å². The molecule has 1 aromatic heterocycles. The zero-order valence-corrected chi connectivity index (χ0v) is 8.55. The van der Waals surface area contributed by atoms with Crippen molar-refractivity contribution < 1.29 is 0 Å². The molecule has 0 aromatic carbocycles. The lowest BCUT2D eigenvalue weighted by Crippen LogP contribution is -2.21. The Labute approximate surface area is 82.0 Å². The molecule has 13 heavy (non-hydrogen) atoms. The average molecular weight is 195 g/mol. The van der Waals surface area contributed by atoms with E-state index in [0.717, 1.165) is 11.7 Å². The van der Waals surface area contributed by atoms with Crippen LogP contribution in [-0.4, -0.2) is 33.9 Å². The van der Waals surface area contributed by atoms with Crippen molar-refractivity contribution in [2.24, 2.45) is 5.92 Å². The van der Waals surface area contributed by atoms with Gasteiger partial charge in [-0.25, -0.2) is 4.98 Å². The van der Waals surface area contributed by atoms with Gasteiger partial charge in [-0.1, -0.05) is 0 Å². The van der Waals surface area contributed by atoms with Gasteiger partial charge < -0.3 is 4.90 Å². The van der Waals surface area contributed by atoms with Gasteiger partial charge in [-0.15, -0.1) is 0 Å². The third-order valence-electron chi connectivity index (χ3n) is 3.19. The Kier molecular flexibility index (Phi) is 1.67. The van der Waals surface area contributed by atoms with Crippen molar-refractivity contribution >= 4 is 11.5 Å². The lowest BCUT2D eigenvalue weighted by Gasteiger charge is -2.19. The number of piperidine rings is 1. The maximum absolute atomic E-state index is 4.49. The number of hydrogen-bond acceptors (Lipinski definition) is 4. The lowest BCUT2D eigenvalue weighted by molar-refractivity contribution is 0.346. The van der Waals surface area contributed by atoms with E-state index in [-0.39, 0.29) is 0 Å². The second-order valence-electron chi connectivity index (χ2n) is 4.09. The summed E-state index contributed by atoms with van der Waals surface area (Å²) in [7, 11) is 0. The van der Waals surface area contributed by atoms with E-state index in [1.165, 1.54) is 31.1 Å². The highest BCUT2D eigenvalue weighted by atomic mass is 32.1. The molecule has 70 valence electrons. The van der Waals surface area contributed by atoms with Crippen molar-refractivity contribution in [1.29, 1.82) is 0 Å². The third kappa shape index (κ3) is 1.20. The topological polar surface area (TPSA) is 29.0 Å². The summed E-state index contributed by atoms with van der Waals surface area (Å²) in [4.78, 5) is 7.04. The molecule has 3 nitrogen and oxygen atoms in total. The van der Waals surface area contributed by atoms with Gasteiger partial charge in [0.05, 0.1) is 0 Å². The number of aryl methyl sites for hydroxylation is 1. The Morgan fingerprint density at radius 3 is 2.92 bits per heavy atom. The third-order valence-corrected chi connectivity index (χ3v) is 4.13. The Morgan fingerprint density at radius 1 is 1.46 bits per heavy atom. The van der Waals surface area contributed by atoms with Gasteiger partial charge in [0.15, 0.2) is 0 Å². The maximum Gasteiger partial charge on any atom is 0.139 e. The highest BCUT2D eigenvalue weighted by Gasteiger charge is 2.40. The number of aromatic nitrogens is 2. The van der Waals surface area contributed by atoms with E-state index in [4.69, 9.17) is 0 Å². The van der Waals surface area contributed by atoms with Crippen LogP contribution in [0.3, 0.4) is 0 Å². The first kappa shape index (κ1) is 7.88. The first-order chi connectivity index (χ1) is 6.33. The highest BCUT2D eigenvalue weighted by Crippen LogP contribution is 2.39. The molecule has 1 aromatic rings. The first-order valence-electron chi connectivity index (χ1n) is 4.85. The summed E-state index contributed by atoms with van der Waals surface area (Å²) in [5.74, 6) is 2.50. The molecule has 4 heteroatoms. The van der Waals surface area contributed by atoms with Crippen molar-refractivity contribution in [3.63, 3.8) is 0 Å². The molecule has 2 fully saturated rings. The van der Waals surface area contributed by atoms with Gasteiger partial charge in [0.1, 0.15) is 10.8 Å². The summed E-state index contributed by atoms with van der Waals surface area (Å²) in [6.07, 6.45) is 1.36. The second-order valence-corrected chi connectivity index (χ2v) is 4.88. The van der Waals surface area contributed by atoms with Crippen LogP contribution in [0.2, 0.25) is 0 Å². The first-order valence-corrected chi connectivity index (χ1v) is 5.63. The molecular weight excluding hydrogens is 182 g/mol. The van der Waals surface area contributed by atoms with Crippen molar-refractivity contribution in [1.82, 2.24) is 14.3 Å². The monoisotopic (exact) mass is 195 g/mol. The summed E-state index contributed by atoms with van der Waals surface area (Å²) in [5, 5.41) is 1.27. The van der Waals surface area contributed by atoms with Crippen LogP contribution in [0.4, 0.5) is 0 Å². The van der Waals surface area contributed by atoms with Gasteiger partial charge in [-0.05, 0) is 37.3 Å². The van der Waals surface area contributed by atoms with Crippen LogP contribution in [0.25, 0.3) is 0 Å². The fourth-order valence-electron chi connectivity index (χ4n) is 2.53. The fourth-order valence-corrected chi connectivity index (χ4v) is 3.37. The van der Waals surface area contributed by atoms with E-state index in [1.54, 1.807) is 11.5 Å². The van der Waals surface area contributed by atoms with Gasteiger partial charge in [-0.3, -0.25) is 0 Å². The fraction of sp³-hybridized carbons (Fsp3) is 0.778. The molecule has 3 heterocycles. The normalized spacial score (nSPS) is 37.2. The molecule has 0 spiro atoms. The van der Waals surface area contributed by atoms with Gasteiger partial charge >= 0.3 is 0 Å². The number of nitrogens with zero attached hydrogens (tertiary/aromatic N) is 3. The zero-order chi connectivity index (χ0) is 8.84. The van der Waals surface area contributed by atoms with Crippen LogP contribution in [0.1, 0.15) is 23.2 Å². The Morgan fingerprint density at radius 2 is 2.38 bits per heavy atom. The SMILES string of the molecule is Cc1nsc([C@@H]2CN3CCC2C3)n1. The predicted octanol–water partition coefficient (Wildman–Crippen LogP) is 1.27. The number of fused-ring (bicyclic) bond motifs is 2. The molecule has 0 amide bonds. The van der Waals surface area contributed by atoms with Crippen LogP contribution >= 0.6 is 11.5 Å². The second kappa shape index (κ2) is 2.75.